The van der Waals surface area contributed by atoms with Crippen molar-refractivity contribution < 1.29 is 17.9 Å². The third-order valence-electron chi connectivity index (χ3n) is 3.98. The van der Waals surface area contributed by atoms with Crippen molar-refractivity contribution in [3.8, 4) is 11.3 Å². The molecule has 0 radical (unpaired) electrons. The average molecular weight is 413 g/mol. The van der Waals surface area contributed by atoms with Gasteiger partial charge in [0, 0.05) is 37.2 Å². The number of benzene rings is 1. The lowest BCUT2D eigenvalue weighted by Crippen LogP contribution is -2.27. The van der Waals surface area contributed by atoms with Crippen LogP contribution in [0.4, 0.5) is 5.82 Å². The lowest BCUT2D eigenvalue weighted by atomic mass is 10.1. The van der Waals surface area contributed by atoms with Crippen molar-refractivity contribution >= 4 is 21.6 Å². The Balaban J connectivity index is 1.95. The number of nitrogens with two attached hydrogens (primary N) is 1. The monoisotopic (exact) mass is 413 g/mol. The zero-order chi connectivity index (χ0) is 20.9. The first kappa shape index (κ1) is 20.5. The Morgan fingerprint density at radius 2 is 2.03 bits per heavy atom. The predicted molar refractivity (Wildman–Crippen MR) is 107 cm³/mol. The van der Waals surface area contributed by atoms with E-state index in [1.165, 1.54) is 31.6 Å². The molecule has 29 heavy (non-hydrogen) atoms. The molecule has 2 heterocycles. The molecule has 0 spiro atoms. The molecule has 2 aromatic heterocycles. The molecular weight excluding hydrogens is 394 g/mol. The Hall–Kier alpha value is -3.21. The van der Waals surface area contributed by atoms with Crippen molar-refractivity contribution in [1.82, 2.24) is 19.7 Å². The highest BCUT2D eigenvalue weighted by Gasteiger charge is 2.18. The minimum atomic E-state index is -3.72. The molecule has 0 atom stereocenters. The molecule has 3 aromatic rings. The molecule has 10 heteroatoms. The second kappa shape index (κ2) is 8.86. The number of nitrogens with one attached hydrogen (secondary N) is 1. The van der Waals surface area contributed by atoms with E-state index in [4.69, 9.17) is 10.5 Å². The summed E-state index contributed by atoms with van der Waals surface area (Å²) < 4.78 is 32.1. The summed E-state index contributed by atoms with van der Waals surface area (Å²) in [5.74, 6) is -0.442. The van der Waals surface area contributed by atoms with Gasteiger partial charge >= 0.3 is 0 Å². The van der Waals surface area contributed by atoms with E-state index in [0.717, 1.165) is 0 Å². The number of methoxy groups -OCH3 is 1. The van der Waals surface area contributed by atoms with Crippen molar-refractivity contribution in [2.45, 2.75) is 4.90 Å². The third kappa shape index (κ3) is 4.80. The fourth-order valence-electron chi connectivity index (χ4n) is 2.52. The normalized spacial score (nSPS) is 11.3. The van der Waals surface area contributed by atoms with Gasteiger partial charge in [0.15, 0.2) is 11.5 Å². The first-order valence-electron chi connectivity index (χ1n) is 8.58. The van der Waals surface area contributed by atoms with Crippen LogP contribution in [0.1, 0.15) is 16.1 Å². The standard InChI is InChI=1S/C19H19N5O4S/c1-28-9-8-23-29(26,27)15-6-2-4-13(10-15)16-12-22-19(20)17(24-16)18(25)14-5-3-7-21-11-14/h2-7,10-12,23H,8-9H2,1H3,(H2,20,22). The van der Waals surface area contributed by atoms with E-state index >= 15 is 0 Å². The van der Waals surface area contributed by atoms with Crippen LogP contribution in [0.15, 0.2) is 59.9 Å². The Morgan fingerprint density at radius 3 is 2.76 bits per heavy atom. The Kier molecular flexibility index (Phi) is 6.27. The number of carbonyl (C=O) groups excluding carboxylic acids is 1. The van der Waals surface area contributed by atoms with Gasteiger partial charge < -0.3 is 10.5 Å². The molecule has 0 fully saturated rings. The first-order chi connectivity index (χ1) is 13.9. The second-order valence-corrected chi connectivity index (χ2v) is 7.75. The maximum absolute atomic E-state index is 12.7. The molecule has 3 N–H and O–H groups in total. The number of hydrogen-bond acceptors (Lipinski definition) is 8. The van der Waals surface area contributed by atoms with E-state index in [1.807, 2.05) is 0 Å². The molecule has 0 saturated heterocycles. The minimum Gasteiger partial charge on any atom is -0.383 e. The summed E-state index contributed by atoms with van der Waals surface area (Å²) in [6.07, 6.45) is 4.35. The number of nitrogens with zero attached hydrogens (tertiary/aromatic N) is 3. The summed E-state index contributed by atoms with van der Waals surface area (Å²) in [6, 6.07) is 9.40. The Bertz CT molecular complexity index is 1120. The molecule has 150 valence electrons. The maximum Gasteiger partial charge on any atom is 0.240 e. The lowest BCUT2D eigenvalue weighted by molar-refractivity contribution is 0.103. The van der Waals surface area contributed by atoms with Crippen LogP contribution >= 0.6 is 0 Å². The molecule has 0 saturated carbocycles. The largest absolute Gasteiger partial charge is 0.383 e. The summed E-state index contributed by atoms with van der Waals surface area (Å²) in [5.41, 5.74) is 6.94. The van der Waals surface area contributed by atoms with Crippen LogP contribution in [0, 0.1) is 0 Å². The van der Waals surface area contributed by atoms with Crippen LogP contribution in [0.5, 0.6) is 0 Å². The quantitative estimate of drug-likeness (QED) is 0.416. The lowest BCUT2D eigenvalue weighted by Gasteiger charge is -2.09. The number of ether oxygens (including phenoxy) is 1. The summed E-state index contributed by atoms with van der Waals surface area (Å²) in [7, 11) is -2.23. The number of carbonyl (C=O) groups is 1. The molecule has 0 aliphatic carbocycles. The SMILES string of the molecule is COCCNS(=O)(=O)c1cccc(-c2cnc(N)c(C(=O)c3cccnc3)n2)c1. The highest BCUT2D eigenvalue weighted by molar-refractivity contribution is 7.89. The average Bonchev–Trinajstić information content (AvgIpc) is 2.74. The van der Waals surface area contributed by atoms with E-state index in [1.54, 1.807) is 30.5 Å². The second-order valence-electron chi connectivity index (χ2n) is 5.98. The van der Waals surface area contributed by atoms with Crippen molar-refractivity contribution in [3.05, 3.63) is 66.2 Å². The number of pyridine rings is 1. The molecule has 0 amide bonds. The maximum atomic E-state index is 12.7. The van der Waals surface area contributed by atoms with Crippen LogP contribution in [0.2, 0.25) is 0 Å². The molecule has 3 rings (SSSR count). The molecule has 0 aliphatic rings. The van der Waals surface area contributed by atoms with E-state index in [2.05, 4.69) is 19.7 Å². The molecule has 0 unspecified atom stereocenters. The van der Waals surface area contributed by atoms with Gasteiger partial charge in [0.1, 0.15) is 0 Å². The molecule has 0 aliphatic heterocycles. The number of aromatic nitrogens is 3. The van der Waals surface area contributed by atoms with Crippen LogP contribution in [-0.2, 0) is 14.8 Å². The highest BCUT2D eigenvalue weighted by atomic mass is 32.2. The number of hydrogen-bond donors (Lipinski definition) is 2. The zero-order valence-electron chi connectivity index (χ0n) is 15.6. The predicted octanol–water partition coefficient (Wildman–Crippen LogP) is 1.28. The van der Waals surface area contributed by atoms with Crippen molar-refractivity contribution in [2.24, 2.45) is 0 Å². The van der Waals surface area contributed by atoms with Gasteiger partial charge in [-0.1, -0.05) is 12.1 Å². The zero-order valence-corrected chi connectivity index (χ0v) is 16.4. The van der Waals surface area contributed by atoms with Gasteiger partial charge in [-0.05, 0) is 24.3 Å². The number of ketones is 1. The minimum absolute atomic E-state index is 0.0207. The third-order valence-corrected chi connectivity index (χ3v) is 5.44. The number of nitrogen functional groups attached to an aromatic ring is 1. The van der Waals surface area contributed by atoms with E-state index in [0.29, 0.717) is 16.8 Å². The van der Waals surface area contributed by atoms with Crippen LogP contribution in [0.25, 0.3) is 11.3 Å². The van der Waals surface area contributed by atoms with Crippen molar-refractivity contribution in [3.63, 3.8) is 0 Å². The van der Waals surface area contributed by atoms with Crippen LogP contribution in [0.3, 0.4) is 0 Å². The molecule has 9 nitrogen and oxygen atoms in total. The summed E-state index contributed by atoms with van der Waals surface area (Å²) >= 11 is 0. The van der Waals surface area contributed by atoms with Gasteiger partial charge in [-0.25, -0.2) is 23.1 Å². The van der Waals surface area contributed by atoms with Crippen molar-refractivity contribution in [1.29, 1.82) is 0 Å². The van der Waals surface area contributed by atoms with Gasteiger partial charge in [-0.15, -0.1) is 0 Å². The summed E-state index contributed by atoms with van der Waals surface area (Å²) in [4.78, 5) is 25.0. The Morgan fingerprint density at radius 1 is 1.21 bits per heavy atom. The van der Waals surface area contributed by atoms with Gasteiger partial charge in [-0.2, -0.15) is 0 Å². The fourth-order valence-corrected chi connectivity index (χ4v) is 3.58. The van der Waals surface area contributed by atoms with Gasteiger partial charge in [0.25, 0.3) is 0 Å². The van der Waals surface area contributed by atoms with E-state index in [9.17, 15) is 13.2 Å². The summed E-state index contributed by atoms with van der Waals surface area (Å²) in [5, 5.41) is 0. The Labute approximate surface area is 168 Å². The van der Waals surface area contributed by atoms with Gasteiger partial charge in [0.05, 0.1) is 23.4 Å². The highest BCUT2D eigenvalue weighted by Crippen LogP contribution is 2.23. The number of sulfonamides is 1. The smallest absolute Gasteiger partial charge is 0.240 e. The molecule has 1 aromatic carbocycles. The molecule has 0 bridgehead atoms. The molecular formula is C19H19N5O4S. The van der Waals surface area contributed by atoms with E-state index < -0.39 is 15.8 Å². The van der Waals surface area contributed by atoms with Crippen LogP contribution in [-0.4, -0.2) is 49.4 Å². The topological polar surface area (TPSA) is 137 Å². The summed E-state index contributed by atoms with van der Waals surface area (Å²) in [6.45, 7) is 0.399. The van der Waals surface area contributed by atoms with Crippen molar-refractivity contribution in [2.75, 3.05) is 26.0 Å². The number of anilines is 1. The van der Waals surface area contributed by atoms with Gasteiger partial charge in [0.2, 0.25) is 15.8 Å². The number of rotatable bonds is 8. The van der Waals surface area contributed by atoms with Gasteiger partial charge in [-0.3, -0.25) is 9.78 Å². The van der Waals surface area contributed by atoms with Crippen LogP contribution < -0.4 is 10.5 Å². The van der Waals surface area contributed by atoms with E-state index in [-0.39, 0.29) is 29.6 Å². The first-order valence-corrected chi connectivity index (χ1v) is 10.1. The fraction of sp³-hybridized carbons (Fsp3) is 0.158.